The van der Waals surface area contributed by atoms with Gasteiger partial charge in [-0.25, -0.2) is 4.98 Å². The quantitative estimate of drug-likeness (QED) is 0.747. The minimum Gasteiger partial charge on any atom is -0.361 e. The Kier molecular flexibility index (Phi) is 4.23. The van der Waals surface area contributed by atoms with Gasteiger partial charge in [-0.05, 0) is 18.6 Å². The maximum atomic E-state index is 12.1. The first-order chi connectivity index (χ1) is 11.1. The molecule has 6 nitrogen and oxygen atoms in total. The first-order valence-corrected chi connectivity index (χ1v) is 7.48. The van der Waals surface area contributed by atoms with Crippen LogP contribution in [0.4, 0.5) is 0 Å². The summed E-state index contributed by atoms with van der Waals surface area (Å²) >= 11 is 0. The molecular weight excluding hydrogens is 292 g/mol. The van der Waals surface area contributed by atoms with E-state index in [2.05, 4.69) is 15.3 Å². The van der Waals surface area contributed by atoms with Crippen molar-refractivity contribution in [3.63, 3.8) is 0 Å². The molecule has 0 aliphatic rings. The average molecular weight is 310 g/mol. The molecule has 0 bridgehead atoms. The first kappa shape index (κ1) is 15.0. The van der Waals surface area contributed by atoms with Crippen LogP contribution in [0.3, 0.4) is 0 Å². The molecule has 0 aliphatic carbocycles. The maximum Gasteiger partial charge on any atom is 0.256 e. The Labute approximate surface area is 133 Å². The summed E-state index contributed by atoms with van der Waals surface area (Å²) in [4.78, 5) is 31.1. The van der Waals surface area contributed by atoms with Gasteiger partial charge >= 0.3 is 0 Å². The number of carbonyl (C=O) groups is 1. The smallest absolute Gasteiger partial charge is 0.256 e. The summed E-state index contributed by atoms with van der Waals surface area (Å²) < 4.78 is 1.50. The van der Waals surface area contributed by atoms with Crippen molar-refractivity contribution in [2.75, 3.05) is 6.54 Å². The lowest BCUT2D eigenvalue weighted by Crippen LogP contribution is -2.32. The summed E-state index contributed by atoms with van der Waals surface area (Å²) in [5.41, 5.74) is 2.50. The van der Waals surface area contributed by atoms with E-state index >= 15 is 0 Å². The molecule has 0 saturated carbocycles. The van der Waals surface area contributed by atoms with Gasteiger partial charge in [-0.2, -0.15) is 0 Å². The van der Waals surface area contributed by atoms with E-state index in [1.165, 1.54) is 17.1 Å². The first-order valence-electron chi connectivity index (χ1n) is 7.48. The van der Waals surface area contributed by atoms with Crippen molar-refractivity contribution < 1.29 is 4.79 Å². The number of rotatable bonds is 5. The van der Waals surface area contributed by atoms with Crippen LogP contribution in [0.1, 0.15) is 11.1 Å². The minimum absolute atomic E-state index is 0.0663. The van der Waals surface area contributed by atoms with Crippen LogP contribution < -0.4 is 10.9 Å². The Balaban J connectivity index is 1.58. The second-order valence-electron chi connectivity index (χ2n) is 5.46. The Bertz CT molecular complexity index is 895. The number of carbonyl (C=O) groups excluding carboxylic acids is 1. The number of aromatic amines is 1. The standard InChI is InChI=1S/C17H18N4O2/c1-12-9-18-11-21(17(12)23)7-6-19-16(22)8-13-10-20-15-5-3-2-4-14(13)15/h2-5,9-11,20H,6-8H2,1H3,(H,19,22). The molecule has 3 rings (SSSR count). The Morgan fingerprint density at radius 1 is 1.35 bits per heavy atom. The molecule has 0 unspecified atom stereocenters. The summed E-state index contributed by atoms with van der Waals surface area (Å²) in [5.74, 6) is -0.0663. The molecule has 0 saturated heterocycles. The maximum absolute atomic E-state index is 12.1. The number of hydrogen-bond donors (Lipinski definition) is 2. The van der Waals surface area contributed by atoms with E-state index in [0.717, 1.165) is 16.5 Å². The van der Waals surface area contributed by atoms with Gasteiger partial charge in [0.1, 0.15) is 0 Å². The number of aryl methyl sites for hydroxylation is 1. The van der Waals surface area contributed by atoms with Crippen LogP contribution in [-0.2, 0) is 17.8 Å². The van der Waals surface area contributed by atoms with Gasteiger partial charge < -0.3 is 10.3 Å². The van der Waals surface area contributed by atoms with Crippen LogP contribution in [0.2, 0.25) is 0 Å². The molecule has 0 atom stereocenters. The van der Waals surface area contributed by atoms with E-state index < -0.39 is 0 Å². The van der Waals surface area contributed by atoms with Crippen molar-refractivity contribution in [3.05, 3.63) is 64.5 Å². The van der Waals surface area contributed by atoms with E-state index in [1.54, 1.807) is 6.92 Å². The van der Waals surface area contributed by atoms with Crippen LogP contribution >= 0.6 is 0 Å². The molecule has 0 aliphatic heterocycles. The largest absolute Gasteiger partial charge is 0.361 e. The average Bonchev–Trinajstić information content (AvgIpc) is 2.95. The van der Waals surface area contributed by atoms with Crippen LogP contribution in [0.5, 0.6) is 0 Å². The van der Waals surface area contributed by atoms with E-state index in [-0.39, 0.29) is 11.5 Å². The Morgan fingerprint density at radius 2 is 2.17 bits per heavy atom. The van der Waals surface area contributed by atoms with Crippen molar-refractivity contribution in [2.45, 2.75) is 19.9 Å². The highest BCUT2D eigenvalue weighted by Gasteiger charge is 2.08. The zero-order valence-electron chi connectivity index (χ0n) is 12.9. The minimum atomic E-state index is -0.0779. The summed E-state index contributed by atoms with van der Waals surface area (Å²) in [7, 11) is 0. The summed E-state index contributed by atoms with van der Waals surface area (Å²) in [6.45, 7) is 2.53. The van der Waals surface area contributed by atoms with Crippen molar-refractivity contribution >= 4 is 16.8 Å². The zero-order valence-corrected chi connectivity index (χ0v) is 12.9. The van der Waals surface area contributed by atoms with Crippen molar-refractivity contribution in [3.8, 4) is 0 Å². The fraction of sp³-hybridized carbons (Fsp3) is 0.235. The topological polar surface area (TPSA) is 79.8 Å². The molecule has 118 valence electrons. The van der Waals surface area contributed by atoms with Gasteiger partial charge in [-0.3, -0.25) is 14.2 Å². The predicted molar refractivity (Wildman–Crippen MR) is 88.2 cm³/mol. The number of para-hydroxylation sites is 1. The van der Waals surface area contributed by atoms with Gasteiger partial charge in [0, 0.05) is 41.9 Å². The van der Waals surface area contributed by atoms with Gasteiger partial charge in [-0.15, -0.1) is 0 Å². The number of aromatic nitrogens is 3. The normalized spacial score (nSPS) is 10.8. The fourth-order valence-electron chi connectivity index (χ4n) is 2.55. The third-order valence-electron chi connectivity index (χ3n) is 3.77. The molecule has 2 N–H and O–H groups in total. The van der Waals surface area contributed by atoms with Gasteiger partial charge in [0.25, 0.3) is 5.56 Å². The van der Waals surface area contributed by atoms with Crippen LogP contribution in [0.25, 0.3) is 10.9 Å². The monoisotopic (exact) mass is 310 g/mol. The van der Waals surface area contributed by atoms with E-state index in [0.29, 0.717) is 25.1 Å². The molecule has 0 fully saturated rings. The zero-order chi connectivity index (χ0) is 16.2. The van der Waals surface area contributed by atoms with Crippen molar-refractivity contribution in [1.82, 2.24) is 19.9 Å². The number of hydrogen-bond acceptors (Lipinski definition) is 3. The molecule has 1 amide bonds. The summed E-state index contributed by atoms with van der Waals surface area (Å²) in [5, 5.41) is 3.90. The highest BCUT2D eigenvalue weighted by Crippen LogP contribution is 2.17. The lowest BCUT2D eigenvalue weighted by atomic mass is 10.1. The molecule has 2 heterocycles. The molecule has 1 aromatic carbocycles. The molecule has 23 heavy (non-hydrogen) atoms. The number of nitrogens with zero attached hydrogens (tertiary/aromatic N) is 2. The molecule has 3 aromatic rings. The number of fused-ring (bicyclic) bond motifs is 1. The highest BCUT2D eigenvalue weighted by molar-refractivity contribution is 5.88. The summed E-state index contributed by atoms with van der Waals surface area (Å²) in [6, 6.07) is 7.88. The predicted octanol–water partition coefficient (Wildman–Crippen LogP) is 1.39. The van der Waals surface area contributed by atoms with E-state index in [4.69, 9.17) is 0 Å². The van der Waals surface area contributed by atoms with Gasteiger partial charge in [-0.1, -0.05) is 18.2 Å². The molecule has 6 heteroatoms. The lowest BCUT2D eigenvalue weighted by molar-refractivity contribution is -0.120. The Morgan fingerprint density at radius 3 is 3.04 bits per heavy atom. The Hall–Kier alpha value is -2.89. The fourth-order valence-corrected chi connectivity index (χ4v) is 2.55. The molecule has 0 spiro atoms. The van der Waals surface area contributed by atoms with Gasteiger partial charge in [0.05, 0.1) is 12.7 Å². The van der Waals surface area contributed by atoms with Gasteiger partial charge in [0.15, 0.2) is 0 Å². The third kappa shape index (κ3) is 3.31. The molecule has 2 aromatic heterocycles. The second kappa shape index (κ2) is 6.48. The second-order valence-corrected chi connectivity index (χ2v) is 5.46. The van der Waals surface area contributed by atoms with Crippen LogP contribution in [-0.4, -0.2) is 27.0 Å². The summed E-state index contributed by atoms with van der Waals surface area (Å²) in [6.07, 6.45) is 5.19. The van der Waals surface area contributed by atoms with Crippen molar-refractivity contribution in [1.29, 1.82) is 0 Å². The van der Waals surface area contributed by atoms with Crippen LogP contribution in [0, 0.1) is 6.92 Å². The number of nitrogens with one attached hydrogen (secondary N) is 2. The number of benzene rings is 1. The van der Waals surface area contributed by atoms with Crippen LogP contribution in [0.15, 0.2) is 47.8 Å². The number of amides is 1. The third-order valence-corrected chi connectivity index (χ3v) is 3.77. The van der Waals surface area contributed by atoms with Gasteiger partial charge in [0.2, 0.25) is 5.91 Å². The molecule has 0 radical (unpaired) electrons. The SMILES string of the molecule is Cc1cncn(CCNC(=O)Cc2c[nH]c3ccccc23)c1=O. The van der Waals surface area contributed by atoms with E-state index in [1.807, 2.05) is 30.5 Å². The number of H-pyrrole nitrogens is 1. The van der Waals surface area contributed by atoms with Crippen molar-refractivity contribution in [2.24, 2.45) is 0 Å². The molecular formula is C17H18N4O2. The van der Waals surface area contributed by atoms with E-state index in [9.17, 15) is 9.59 Å². The highest BCUT2D eigenvalue weighted by atomic mass is 16.1. The lowest BCUT2D eigenvalue weighted by Gasteiger charge is -2.07.